The number of nitrogens with zero attached hydrogens (tertiary/aromatic N) is 14. The van der Waals surface area contributed by atoms with Crippen LogP contribution >= 0.6 is 15.9 Å². The molecule has 4 N–H and O–H groups in total. The minimum absolute atomic E-state index is 0.0171. The van der Waals surface area contributed by atoms with Crippen LogP contribution in [0, 0.1) is 56.8 Å². The standard InChI is InChI=1S/C25H24F4N4O3.C24H22F4N4O3.2C16H15F4N3O2.C8H5BrF4.C8H8F3N3O2/c1-14(17-4-6-18(7-5-17)24(35)36-3)30-22(34)21-15(2)31-33-9-8-32(23(21)33)13-16-10-19(25(27,28)29)12-20(26)11-16;1-13(16-3-5-17(6-4-16)23(34)35)29-21(33)20-14(2)30-32-8-7-31(22(20)32)12-15-9-18(24(26,27)28)11-19(25)10-15;2*1-9-13(15(24)25-2)14-22(3-4-23(14)21-9)8-10-5-11(16(18,19)20)7-12(17)6-10;9-4-5-1-6(8(11,12)13)3-7(10)2-5;1-16-7(15)4-5(8(9,10)11)13-14-3-2-12-6(4)14/h4-7,10-12,14H,8-9,13H2,1-3H3,(H,30,34);3-6,9-11,13H,7-8,12H2,1-2H3,(H,29,33)(H,34,35);2*5-7H,3-4,8H2,1-2H3;1-3H,4H2;12H,2-3H2,1H3/t14-;13-;;;;/m00..../s1. The molecule has 5 aliphatic rings. The van der Waals surface area contributed by atoms with E-state index in [1.54, 1.807) is 116 Å². The highest BCUT2D eigenvalue weighted by atomic mass is 79.9. The molecule has 0 bridgehead atoms. The van der Waals surface area contributed by atoms with Crippen molar-refractivity contribution in [3.05, 3.63) is 303 Å². The Labute approximate surface area is 844 Å². The van der Waals surface area contributed by atoms with Crippen LogP contribution < -0.4 is 35.6 Å². The number of fused-ring (bicyclic) bond motifs is 5. The third-order valence-corrected chi connectivity index (χ3v) is 24.3. The number of nitrogens with one attached hydrogen (secondary N) is 3. The molecule has 5 aromatic heterocycles. The number of carboxylic acids is 1. The fraction of sp³-hybridized carbons (Fsp3) is 0.340. The van der Waals surface area contributed by atoms with Gasteiger partial charge in [-0.1, -0.05) is 40.2 Å². The average Bonchev–Trinajstić information content (AvgIpc) is 1.64. The molecule has 53 heteroatoms. The summed E-state index contributed by atoms with van der Waals surface area (Å²) in [5, 5.41) is 38.3. The van der Waals surface area contributed by atoms with Gasteiger partial charge in [-0.3, -0.25) is 9.59 Å². The Morgan fingerprint density at radius 2 is 0.613 bits per heavy atom. The molecule has 5 aliphatic heterocycles. The summed E-state index contributed by atoms with van der Waals surface area (Å²) in [5.41, 5.74) is -1.12. The molecule has 29 nitrogen and oxygen atoms in total. The zero-order valence-electron chi connectivity index (χ0n) is 80.3. The van der Waals surface area contributed by atoms with Crippen LogP contribution in [0.1, 0.15) is 194 Å². The van der Waals surface area contributed by atoms with Gasteiger partial charge in [-0.2, -0.15) is 105 Å². The Morgan fingerprint density at radius 3 is 0.887 bits per heavy atom. The summed E-state index contributed by atoms with van der Waals surface area (Å²) in [4.78, 5) is 91.2. The number of carbonyl (C=O) groups is 7. The molecule has 12 aromatic rings. The van der Waals surface area contributed by atoms with E-state index in [4.69, 9.17) is 14.6 Å². The number of anilines is 5. The van der Waals surface area contributed by atoms with Crippen LogP contribution in [0.3, 0.4) is 0 Å². The second-order valence-corrected chi connectivity index (χ2v) is 34.8. The highest BCUT2D eigenvalue weighted by molar-refractivity contribution is 9.08. The number of hydrogen-bond acceptors (Lipinski definition) is 21. The molecule has 2 atom stereocenters. The zero-order valence-corrected chi connectivity index (χ0v) is 81.9. The minimum Gasteiger partial charge on any atom is -0.478 e. The van der Waals surface area contributed by atoms with E-state index in [2.05, 4.69) is 66.8 Å². The zero-order chi connectivity index (χ0) is 110. The van der Waals surface area contributed by atoms with Gasteiger partial charge in [0.2, 0.25) is 0 Å². The maximum atomic E-state index is 13.9. The summed E-state index contributed by atoms with van der Waals surface area (Å²) >= 11 is 2.96. The average molecular weight is 2200 g/mol. The van der Waals surface area contributed by atoms with E-state index < -0.39 is 159 Å². The van der Waals surface area contributed by atoms with E-state index in [-0.39, 0.29) is 87.4 Å². The number of aryl methyl sites for hydroxylation is 4. The van der Waals surface area contributed by atoms with Gasteiger partial charge in [-0.05, 0) is 196 Å². The van der Waals surface area contributed by atoms with Crippen LogP contribution in [0.15, 0.2) is 140 Å². The third kappa shape index (κ3) is 26.9. The Hall–Kier alpha value is -15.3. The molecule has 10 heterocycles. The normalized spacial score (nSPS) is 13.8. The number of esters is 4. The number of ether oxygens (including phenoxy) is 4. The largest absolute Gasteiger partial charge is 0.478 e. The lowest BCUT2D eigenvalue weighted by Gasteiger charge is -2.21. The number of methoxy groups -OCH3 is 4. The number of amides is 2. The van der Waals surface area contributed by atoms with E-state index in [1.807, 2.05) is 0 Å². The smallest absolute Gasteiger partial charge is 0.436 e. The van der Waals surface area contributed by atoms with Gasteiger partial charge in [0, 0.05) is 64.2 Å². The lowest BCUT2D eigenvalue weighted by atomic mass is 10.1. The highest BCUT2D eigenvalue weighted by Crippen LogP contribution is 2.43. The number of halogens is 24. The van der Waals surface area contributed by atoms with Crippen molar-refractivity contribution in [3.63, 3.8) is 0 Å². The molecule has 0 unspecified atom stereocenters. The third-order valence-electron chi connectivity index (χ3n) is 23.6. The fourth-order valence-corrected chi connectivity index (χ4v) is 17.2. The molecule has 0 aliphatic carbocycles. The van der Waals surface area contributed by atoms with E-state index in [0.29, 0.717) is 159 Å². The molecule has 0 spiro atoms. The first kappa shape index (κ1) is 113. The van der Waals surface area contributed by atoms with Crippen molar-refractivity contribution < 1.29 is 159 Å². The molecule has 802 valence electrons. The lowest BCUT2D eigenvalue weighted by Crippen LogP contribution is -2.29. The van der Waals surface area contributed by atoms with E-state index in [0.717, 1.165) is 78.0 Å². The fourth-order valence-electron chi connectivity index (χ4n) is 16.9. The Bertz CT molecular complexity index is 6900. The van der Waals surface area contributed by atoms with Crippen LogP contribution in [0.2, 0.25) is 0 Å². The molecular formula is C97H89BrF23N17O12. The number of aromatic nitrogens is 10. The van der Waals surface area contributed by atoms with Crippen LogP contribution in [0.25, 0.3) is 0 Å². The number of carbonyl (C=O) groups excluding carboxylic acids is 6. The topological polar surface area (TPSA) is 315 Å². The Kier molecular flexibility index (Phi) is 34.7. The number of alkyl halides is 19. The molecule has 7 aromatic carbocycles. The molecule has 150 heavy (non-hydrogen) atoms. The predicted octanol–water partition coefficient (Wildman–Crippen LogP) is 20.4. The van der Waals surface area contributed by atoms with Crippen molar-refractivity contribution in [2.75, 3.05) is 86.1 Å². The first-order valence-electron chi connectivity index (χ1n) is 44.7. The second kappa shape index (κ2) is 45.8. The highest BCUT2D eigenvalue weighted by Gasteiger charge is 2.45. The van der Waals surface area contributed by atoms with E-state index in [9.17, 15) is 135 Å². The molecule has 0 saturated heterocycles. The minimum atomic E-state index is -4.68. The number of carboxylic acid groups (broad SMARTS) is 1. The summed E-state index contributed by atoms with van der Waals surface area (Å²) < 4.78 is 324. The van der Waals surface area contributed by atoms with Gasteiger partial charge < -0.3 is 59.6 Å². The summed E-state index contributed by atoms with van der Waals surface area (Å²) in [6.07, 6.45) is -27.8. The van der Waals surface area contributed by atoms with Gasteiger partial charge in [0.15, 0.2) is 5.69 Å². The lowest BCUT2D eigenvalue weighted by molar-refractivity contribution is -0.142. The van der Waals surface area contributed by atoms with Gasteiger partial charge in [0.25, 0.3) is 11.8 Å². The first-order chi connectivity index (χ1) is 70.2. The second-order valence-electron chi connectivity index (χ2n) is 34.2. The van der Waals surface area contributed by atoms with Crippen molar-refractivity contribution in [1.29, 1.82) is 0 Å². The van der Waals surface area contributed by atoms with Crippen molar-refractivity contribution >= 4 is 86.7 Å². The molecular weight excluding hydrogens is 2110 g/mol. The van der Waals surface area contributed by atoms with E-state index >= 15 is 0 Å². The monoisotopic (exact) mass is 2200 g/mol. The Morgan fingerprint density at radius 1 is 0.347 bits per heavy atom. The summed E-state index contributed by atoms with van der Waals surface area (Å²) in [6, 6.07) is 24.0. The van der Waals surface area contributed by atoms with Gasteiger partial charge in [0.1, 0.15) is 86.0 Å². The molecule has 0 saturated carbocycles. The van der Waals surface area contributed by atoms with Crippen LogP contribution in [0.5, 0.6) is 0 Å². The number of aromatic carboxylic acids is 1. The van der Waals surface area contributed by atoms with Crippen LogP contribution in [0.4, 0.5) is 130 Å². The van der Waals surface area contributed by atoms with Gasteiger partial charge in [-0.15, -0.1) is 0 Å². The van der Waals surface area contributed by atoms with Gasteiger partial charge in [-0.25, -0.2) is 69.3 Å². The van der Waals surface area contributed by atoms with Gasteiger partial charge >= 0.3 is 66.9 Å². The van der Waals surface area contributed by atoms with Crippen molar-refractivity contribution in [1.82, 2.24) is 59.5 Å². The molecule has 17 rings (SSSR count). The molecule has 0 fully saturated rings. The number of benzene rings is 7. The molecule has 0 radical (unpaired) electrons. The van der Waals surface area contributed by atoms with Crippen molar-refractivity contribution in [3.8, 4) is 0 Å². The number of hydrogen-bond donors (Lipinski definition) is 4. The summed E-state index contributed by atoms with van der Waals surface area (Å²) in [6.45, 7) is 14.5. The van der Waals surface area contributed by atoms with Crippen LogP contribution in [-0.2, 0) is 120 Å². The first-order valence-corrected chi connectivity index (χ1v) is 45.8. The summed E-state index contributed by atoms with van der Waals surface area (Å²) in [7, 11) is 4.81. The van der Waals surface area contributed by atoms with Crippen molar-refractivity contribution in [2.45, 2.75) is 155 Å². The van der Waals surface area contributed by atoms with Crippen LogP contribution in [-0.4, -0.2) is 157 Å². The van der Waals surface area contributed by atoms with Gasteiger partial charge in [0.05, 0.1) is 135 Å². The Balaban J connectivity index is 0.000000164. The van der Waals surface area contributed by atoms with Crippen molar-refractivity contribution in [2.24, 2.45) is 0 Å². The molecule has 2 amide bonds. The maximum Gasteiger partial charge on any atom is 0.436 e. The number of rotatable bonds is 20. The summed E-state index contributed by atoms with van der Waals surface area (Å²) in [5.74, 6) is -7.34. The predicted molar refractivity (Wildman–Crippen MR) is 494 cm³/mol. The van der Waals surface area contributed by atoms with E-state index in [1.165, 1.54) is 33.5 Å². The quantitative estimate of drug-likeness (QED) is 0.0238. The SMILES string of the molecule is COC(=O)c1c(C(F)(F)F)nn2c1NCC2.COC(=O)c1c(C)nn2c1N(Cc1cc(F)cc(C(F)(F)F)c1)CC2.COC(=O)c1c(C)nn2c1N(Cc1cc(F)cc(C(F)(F)F)c1)CC2.COC(=O)c1ccc([C@H](C)NC(=O)c2c(C)nn3c2N(Cc2cc(F)cc(C(F)(F)F)c2)CC3)cc1.Cc1nn2c(c1C(=O)N[C@@H](C)c1ccc(C(=O)O)cc1)N(Cc1cc(F)cc(C(F)(F)F)c1)CC2.Fc1cc(CBr)cc(C(F)(F)F)c1. The maximum absolute atomic E-state index is 13.9.